The molecular formula is C26H42N4O4. The summed E-state index contributed by atoms with van der Waals surface area (Å²) in [5.74, 6) is 3.15. The van der Waals surface area contributed by atoms with Gasteiger partial charge in [0.2, 0.25) is 11.8 Å². The fourth-order valence-corrected chi connectivity index (χ4v) is 3.65. The molecule has 0 unspecified atom stereocenters. The van der Waals surface area contributed by atoms with Crippen molar-refractivity contribution in [3.8, 4) is 0 Å². The Kier molecular flexibility index (Phi) is 15.2. The molecule has 0 atom stereocenters. The van der Waals surface area contributed by atoms with Crippen LogP contribution < -0.4 is 16.7 Å². The minimum atomic E-state index is -0.668. The van der Waals surface area contributed by atoms with Crippen molar-refractivity contribution in [3.05, 3.63) is 35.4 Å². The molecular weight excluding hydrogens is 432 g/mol. The van der Waals surface area contributed by atoms with Crippen LogP contribution in [0, 0.1) is 0 Å². The first kappa shape index (κ1) is 29.3. The zero-order chi connectivity index (χ0) is 25.2. The molecule has 0 fully saturated rings. The number of benzene rings is 1. The molecule has 0 saturated heterocycles. The number of hydrogen-bond acceptors (Lipinski definition) is 5. The second kappa shape index (κ2) is 17.7. The maximum atomic E-state index is 13.1. The number of nitrogens with one attached hydrogen (secondary N) is 2. The number of hydrogen-bond donors (Lipinski definition) is 3. The number of nitrogens with two attached hydrogens (primary N) is 1. The Bertz CT molecular complexity index is 782. The van der Waals surface area contributed by atoms with E-state index in [2.05, 4.69) is 19.3 Å². The maximum Gasteiger partial charge on any atom is 0.279 e. The molecule has 1 aromatic rings. The van der Waals surface area contributed by atoms with Gasteiger partial charge in [-0.25, -0.2) is 5.84 Å². The van der Waals surface area contributed by atoms with Gasteiger partial charge in [0.25, 0.3) is 11.8 Å². The molecule has 0 aliphatic rings. The molecule has 0 saturated carbocycles. The van der Waals surface area contributed by atoms with Crippen molar-refractivity contribution >= 4 is 23.6 Å². The molecule has 0 spiro atoms. The van der Waals surface area contributed by atoms with Gasteiger partial charge in [0.1, 0.15) is 0 Å². The van der Waals surface area contributed by atoms with Crippen molar-refractivity contribution in [2.75, 3.05) is 0 Å². The zero-order valence-electron chi connectivity index (χ0n) is 20.9. The van der Waals surface area contributed by atoms with Crippen LogP contribution in [-0.2, 0) is 9.59 Å². The SMILES string of the molecule is CCCCCCCCC(=O)NN(C(=O)CCCCCCCC)C(=O)c1cccc(C(=O)NN)c1. The third-order valence-electron chi connectivity index (χ3n) is 5.69. The van der Waals surface area contributed by atoms with Gasteiger partial charge in [-0.2, -0.15) is 5.01 Å². The summed E-state index contributed by atoms with van der Waals surface area (Å²) in [6.07, 6.45) is 12.6. The highest BCUT2D eigenvalue weighted by atomic mass is 16.2. The van der Waals surface area contributed by atoms with Crippen molar-refractivity contribution < 1.29 is 19.2 Å². The van der Waals surface area contributed by atoms with E-state index in [0.29, 0.717) is 12.8 Å². The lowest BCUT2D eigenvalue weighted by Gasteiger charge is -2.22. The maximum absolute atomic E-state index is 13.1. The average molecular weight is 475 g/mol. The van der Waals surface area contributed by atoms with Gasteiger partial charge in [-0.15, -0.1) is 0 Å². The molecule has 0 aliphatic carbocycles. The zero-order valence-corrected chi connectivity index (χ0v) is 20.9. The largest absolute Gasteiger partial charge is 0.290 e. The second-order valence-corrected chi connectivity index (χ2v) is 8.66. The molecule has 4 N–H and O–H groups in total. The van der Waals surface area contributed by atoms with Crippen LogP contribution in [0.15, 0.2) is 24.3 Å². The molecule has 0 heterocycles. The van der Waals surface area contributed by atoms with Crippen molar-refractivity contribution in [3.63, 3.8) is 0 Å². The van der Waals surface area contributed by atoms with Crippen LogP contribution in [0.3, 0.4) is 0 Å². The van der Waals surface area contributed by atoms with Gasteiger partial charge in [0.15, 0.2) is 0 Å². The van der Waals surface area contributed by atoms with Gasteiger partial charge in [0, 0.05) is 24.0 Å². The highest BCUT2D eigenvalue weighted by molar-refractivity contribution is 6.07. The average Bonchev–Trinajstić information content (AvgIpc) is 2.85. The normalized spacial score (nSPS) is 10.6. The van der Waals surface area contributed by atoms with Crippen molar-refractivity contribution in [1.82, 2.24) is 15.9 Å². The lowest BCUT2D eigenvalue weighted by atomic mass is 10.1. The topological polar surface area (TPSA) is 122 Å². The third-order valence-corrected chi connectivity index (χ3v) is 5.69. The predicted octanol–water partition coefficient (Wildman–Crippen LogP) is 4.79. The van der Waals surface area contributed by atoms with Crippen LogP contribution in [0.4, 0.5) is 0 Å². The summed E-state index contributed by atoms with van der Waals surface area (Å²) < 4.78 is 0. The summed E-state index contributed by atoms with van der Waals surface area (Å²) in [6.45, 7) is 4.30. The van der Waals surface area contributed by atoms with E-state index < -0.39 is 17.7 Å². The number of rotatable bonds is 16. The van der Waals surface area contributed by atoms with Crippen LogP contribution >= 0.6 is 0 Å². The Labute approximate surface area is 204 Å². The van der Waals surface area contributed by atoms with Gasteiger partial charge >= 0.3 is 0 Å². The van der Waals surface area contributed by atoms with Crippen LogP contribution in [0.2, 0.25) is 0 Å². The van der Waals surface area contributed by atoms with Crippen molar-refractivity contribution in [1.29, 1.82) is 0 Å². The number of nitrogen functional groups attached to an aromatic ring is 1. The molecule has 0 bridgehead atoms. The highest BCUT2D eigenvalue weighted by Crippen LogP contribution is 2.13. The molecule has 0 aliphatic heterocycles. The van der Waals surface area contributed by atoms with E-state index in [-0.39, 0.29) is 29.9 Å². The minimum Gasteiger partial charge on any atom is -0.290 e. The first-order valence-corrected chi connectivity index (χ1v) is 12.7. The number of unbranched alkanes of at least 4 members (excludes halogenated alkanes) is 10. The van der Waals surface area contributed by atoms with Gasteiger partial charge in [0.05, 0.1) is 0 Å². The Morgan fingerprint density at radius 2 is 1.29 bits per heavy atom. The molecule has 0 radical (unpaired) electrons. The molecule has 8 nitrogen and oxygen atoms in total. The van der Waals surface area contributed by atoms with Crippen molar-refractivity contribution in [2.45, 2.75) is 104 Å². The molecule has 34 heavy (non-hydrogen) atoms. The number of carbonyl (C=O) groups excluding carboxylic acids is 4. The molecule has 1 aromatic carbocycles. The summed E-state index contributed by atoms with van der Waals surface area (Å²) in [5, 5.41) is 0.810. The first-order valence-electron chi connectivity index (χ1n) is 12.7. The van der Waals surface area contributed by atoms with Gasteiger partial charge in [-0.05, 0) is 31.0 Å². The molecule has 1 rings (SSSR count). The quantitative estimate of drug-likeness (QED) is 0.138. The third kappa shape index (κ3) is 11.4. The summed E-state index contributed by atoms with van der Waals surface area (Å²) in [4.78, 5) is 50.4. The Morgan fingerprint density at radius 3 is 1.88 bits per heavy atom. The monoisotopic (exact) mass is 474 g/mol. The molecule has 0 aromatic heterocycles. The van der Waals surface area contributed by atoms with Gasteiger partial charge in [-0.3, -0.25) is 30.0 Å². The van der Waals surface area contributed by atoms with Crippen LogP contribution in [0.1, 0.15) is 124 Å². The smallest absolute Gasteiger partial charge is 0.279 e. The van der Waals surface area contributed by atoms with Crippen LogP contribution in [0.25, 0.3) is 0 Å². The molecule has 8 heteroatoms. The number of imide groups is 1. The Balaban J connectivity index is 2.80. The van der Waals surface area contributed by atoms with Gasteiger partial charge < -0.3 is 0 Å². The van der Waals surface area contributed by atoms with E-state index in [4.69, 9.17) is 5.84 Å². The second-order valence-electron chi connectivity index (χ2n) is 8.66. The molecule has 190 valence electrons. The van der Waals surface area contributed by atoms with E-state index in [1.807, 2.05) is 5.43 Å². The number of nitrogens with zero attached hydrogens (tertiary/aromatic N) is 1. The highest BCUT2D eigenvalue weighted by Gasteiger charge is 2.25. The van der Waals surface area contributed by atoms with E-state index in [0.717, 1.165) is 56.4 Å². The lowest BCUT2D eigenvalue weighted by molar-refractivity contribution is -0.138. The lowest BCUT2D eigenvalue weighted by Crippen LogP contribution is -2.49. The van der Waals surface area contributed by atoms with Crippen molar-refractivity contribution in [2.24, 2.45) is 5.84 Å². The van der Waals surface area contributed by atoms with Crippen LogP contribution in [-0.4, -0.2) is 28.6 Å². The Morgan fingerprint density at radius 1 is 0.765 bits per heavy atom. The summed E-state index contributed by atoms with van der Waals surface area (Å²) in [7, 11) is 0. The summed E-state index contributed by atoms with van der Waals surface area (Å²) in [5.41, 5.74) is 4.84. The van der Waals surface area contributed by atoms with E-state index in [1.165, 1.54) is 37.1 Å². The number of hydrazine groups is 2. The molecule has 4 amide bonds. The summed E-state index contributed by atoms with van der Waals surface area (Å²) >= 11 is 0. The predicted molar refractivity (Wildman–Crippen MR) is 133 cm³/mol. The van der Waals surface area contributed by atoms with E-state index in [9.17, 15) is 19.2 Å². The fourth-order valence-electron chi connectivity index (χ4n) is 3.65. The Hall–Kier alpha value is -2.74. The standard InChI is InChI=1S/C26H42N4O4/c1-3-5-7-9-11-13-18-23(31)29-30(24(32)19-14-12-10-8-6-4-2)26(34)22-17-15-16-21(20-22)25(33)28-27/h15-17,20H,3-14,18-19,27H2,1-2H3,(H,28,33)(H,29,31). The van der Waals surface area contributed by atoms with E-state index in [1.54, 1.807) is 0 Å². The van der Waals surface area contributed by atoms with Crippen LogP contribution in [0.5, 0.6) is 0 Å². The summed E-state index contributed by atoms with van der Waals surface area (Å²) in [6, 6.07) is 5.90. The first-order chi connectivity index (χ1) is 16.4. The van der Waals surface area contributed by atoms with Gasteiger partial charge in [-0.1, -0.05) is 84.1 Å². The van der Waals surface area contributed by atoms with E-state index >= 15 is 0 Å². The number of carbonyl (C=O) groups is 4. The number of amides is 4. The fraction of sp³-hybridized carbons (Fsp3) is 0.615. The minimum absolute atomic E-state index is 0.122.